The Bertz CT molecular complexity index is 361. The SMILES string of the molecule is O=C(Nc1ccccc1S)C1CCCO1. The van der Waals surface area contributed by atoms with Crippen molar-refractivity contribution in [2.75, 3.05) is 11.9 Å². The van der Waals surface area contributed by atoms with Gasteiger partial charge in [0.15, 0.2) is 0 Å². The van der Waals surface area contributed by atoms with Crippen molar-refractivity contribution >= 4 is 24.2 Å². The molecular weight excluding hydrogens is 210 g/mol. The molecule has 1 amide bonds. The quantitative estimate of drug-likeness (QED) is 0.753. The summed E-state index contributed by atoms with van der Waals surface area (Å²) in [4.78, 5) is 12.5. The molecule has 0 saturated carbocycles. The van der Waals surface area contributed by atoms with Crippen LogP contribution in [0.2, 0.25) is 0 Å². The lowest BCUT2D eigenvalue weighted by Gasteiger charge is -2.11. The predicted molar refractivity (Wildman–Crippen MR) is 61.3 cm³/mol. The first kappa shape index (κ1) is 10.5. The third-order valence-corrected chi connectivity index (χ3v) is 2.77. The smallest absolute Gasteiger partial charge is 0.253 e. The minimum atomic E-state index is -0.294. The summed E-state index contributed by atoms with van der Waals surface area (Å²) in [5.41, 5.74) is 0.737. The molecule has 4 heteroatoms. The molecule has 1 atom stereocenters. The highest BCUT2D eigenvalue weighted by molar-refractivity contribution is 7.80. The highest BCUT2D eigenvalue weighted by Crippen LogP contribution is 2.20. The predicted octanol–water partition coefficient (Wildman–Crippen LogP) is 2.09. The van der Waals surface area contributed by atoms with Crippen LogP contribution in [0.1, 0.15) is 12.8 Å². The Labute approximate surface area is 94.2 Å². The van der Waals surface area contributed by atoms with E-state index in [0.717, 1.165) is 23.4 Å². The fourth-order valence-corrected chi connectivity index (χ4v) is 1.79. The van der Waals surface area contributed by atoms with E-state index in [9.17, 15) is 4.79 Å². The molecule has 1 aliphatic heterocycles. The number of nitrogens with one attached hydrogen (secondary N) is 1. The van der Waals surface area contributed by atoms with Gasteiger partial charge in [0.05, 0.1) is 5.69 Å². The van der Waals surface area contributed by atoms with Gasteiger partial charge in [0.25, 0.3) is 5.91 Å². The second-order valence-electron chi connectivity index (χ2n) is 3.51. The van der Waals surface area contributed by atoms with Crippen LogP contribution in [-0.4, -0.2) is 18.6 Å². The van der Waals surface area contributed by atoms with Crippen LogP contribution in [0.3, 0.4) is 0 Å². The number of benzene rings is 1. The highest BCUT2D eigenvalue weighted by Gasteiger charge is 2.23. The van der Waals surface area contributed by atoms with Gasteiger partial charge in [0.2, 0.25) is 0 Å². The molecular formula is C11H13NO2S. The molecule has 0 radical (unpaired) electrons. The van der Waals surface area contributed by atoms with Crippen molar-refractivity contribution in [1.29, 1.82) is 0 Å². The normalized spacial score (nSPS) is 20.2. The number of carbonyl (C=O) groups is 1. The van der Waals surface area contributed by atoms with Gasteiger partial charge in [-0.25, -0.2) is 0 Å². The third-order valence-electron chi connectivity index (χ3n) is 2.38. The van der Waals surface area contributed by atoms with E-state index in [0.29, 0.717) is 6.61 Å². The molecule has 1 N–H and O–H groups in total. The van der Waals surface area contributed by atoms with Gasteiger partial charge >= 0.3 is 0 Å². The molecule has 80 valence electrons. The molecule has 0 aliphatic carbocycles. The zero-order chi connectivity index (χ0) is 10.7. The average Bonchev–Trinajstić information content (AvgIpc) is 2.74. The summed E-state index contributed by atoms with van der Waals surface area (Å²) in [5, 5.41) is 2.81. The Morgan fingerprint density at radius 1 is 1.47 bits per heavy atom. The lowest BCUT2D eigenvalue weighted by molar-refractivity contribution is -0.124. The molecule has 1 fully saturated rings. The Balaban J connectivity index is 2.02. The molecule has 0 aromatic heterocycles. The maximum Gasteiger partial charge on any atom is 0.253 e. The first-order valence-corrected chi connectivity index (χ1v) is 5.42. The molecule has 2 rings (SSSR count). The van der Waals surface area contributed by atoms with Crippen molar-refractivity contribution in [3.63, 3.8) is 0 Å². The number of ether oxygens (including phenoxy) is 1. The van der Waals surface area contributed by atoms with Gasteiger partial charge in [-0.15, -0.1) is 12.6 Å². The zero-order valence-electron chi connectivity index (χ0n) is 8.27. The van der Waals surface area contributed by atoms with E-state index in [4.69, 9.17) is 4.74 Å². The van der Waals surface area contributed by atoms with E-state index >= 15 is 0 Å². The summed E-state index contributed by atoms with van der Waals surface area (Å²) in [5.74, 6) is -0.0750. The van der Waals surface area contributed by atoms with Crippen molar-refractivity contribution in [3.05, 3.63) is 24.3 Å². The molecule has 1 aromatic rings. The van der Waals surface area contributed by atoms with Crippen LogP contribution in [0.15, 0.2) is 29.2 Å². The molecule has 1 saturated heterocycles. The molecule has 1 unspecified atom stereocenters. The number of anilines is 1. The average molecular weight is 223 g/mol. The van der Waals surface area contributed by atoms with Gasteiger partial charge in [-0.3, -0.25) is 4.79 Å². The first-order valence-electron chi connectivity index (χ1n) is 4.98. The van der Waals surface area contributed by atoms with Crippen LogP contribution >= 0.6 is 12.6 Å². The lowest BCUT2D eigenvalue weighted by atomic mass is 10.2. The van der Waals surface area contributed by atoms with E-state index in [-0.39, 0.29) is 12.0 Å². The Morgan fingerprint density at radius 2 is 2.27 bits per heavy atom. The summed E-state index contributed by atoms with van der Waals surface area (Å²) in [7, 11) is 0. The molecule has 0 bridgehead atoms. The Morgan fingerprint density at radius 3 is 2.93 bits per heavy atom. The maximum absolute atomic E-state index is 11.7. The van der Waals surface area contributed by atoms with Crippen molar-refractivity contribution < 1.29 is 9.53 Å². The number of hydrogen-bond donors (Lipinski definition) is 2. The van der Waals surface area contributed by atoms with Gasteiger partial charge in [0, 0.05) is 11.5 Å². The fraction of sp³-hybridized carbons (Fsp3) is 0.364. The maximum atomic E-state index is 11.7. The number of hydrogen-bond acceptors (Lipinski definition) is 3. The van der Waals surface area contributed by atoms with Crippen molar-refractivity contribution in [2.45, 2.75) is 23.8 Å². The van der Waals surface area contributed by atoms with E-state index < -0.39 is 0 Å². The van der Waals surface area contributed by atoms with Crippen LogP contribution in [0.5, 0.6) is 0 Å². The van der Waals surface area contributed by atoms with Gasteiger partial charge in [-0.05, 0) is 25.0 Å². The Kier molecular flexibility index (Phi) is 3.28. The fourth-order valence-electron chi connectivity index (χ4n) is 1.58. The molecule has 3 nitrogen and oxygen atoms in total. The minimum Gasteiger partial charge on any atom is -0.368 e. The topological polar surface area (TPSA) is 38.3 Å². The van der Waals surface area contributed by atoms with E-state index in [1.807, 2.05) is 24.3 Å². The molecule has 1 aliphatic rings. The van der Waals surface area contributed by atoms with Crippen LogP contribution < -0.4 is 5.32 Å². The molecule has 15 heavy (non-hydrogen) atoms. The number of thiol groups is 1. The van der Waals surface area contributed by atoms with E-state index in [2.05, 4.69) is 17.9 Å². The molecule has 1 heterocycles. The van der Waals surface area contributed by atoms with Gasteiger partial charge in [-0.2, -0.15) is 0 Å². The summed E-state index contributed by atoms with van der Waals surface area (Å²) >= 11 is 4.26. The first-order chi connectivity index (χ1) is 7.27. The zero-order valence-corrected chi connectivity index (χ0v) is 9.17. The van der Waals surface area contributed by atoms with Crippen LogP contribution in [0.4, 0.5) is 5.69 Å². The number of para-hydroxylation sites is 1. The lowest BCUT2D eigenvalue weighted by Crippen LogP contribution is -2.26. The monoisotopic (exact) mass is 223 g/mol. The molecule has 0 spiro atoms. The van der Waals surface area contributed by atoms with E-state index in [1.165, 1.54) is 0 Å². The van der Waals surface area contributed by atoms with Crippen molar-refractivity contribution in [2.24, 2.45) is 0 Å². The molecule has 1 aromatic carbocycles. The number of amides is 1. The minimum absolute atomic E-state index is 0.0750. The Hall–Kier alpha value is -1.00. The van der Waals surface area contributed by atoms with Gasteiger partial charge < -0.3 is 10.1 Å². The summed E-state index contributed by atoms with van der Waals surface area (Å²) in [6.45, 7) is 0.681. The largest absolute Gasteiger partial charge is 0.368 e. The van der Waals surface area contributed by atoms with Crippen LogP contribution in [0.25, 0.3) is 0 Å². The summed E-state index contributed by atoms with van der Waals surface area (Å²) in [6, 6.07) is 7.41. The number of rotatable bonds is 2. The van der Waals surface area contributed by atoms with Gasteiger partial charge in [0.1, 0.15) is 6.10 Å². The second-order valence-corrected chi connectivity index (χ2v) is 3.99. The summed E-state index contributed by atoms with van der Waals surface area (Å²) < 4.78 is 5.29. The third kappa shape index (κ3) is 2.52. The second kappa shape index (κ2) is 4.68. The van der Waals surface area contributed by atoms with E-state index in [1.54, 1.807) is 0 Å². The van der Waals surface area contributed by atoms with Crippen molar-refractivity contribution in [3.8, 4) is 0 Å². The summed E-state index contributed by atoms with van der Waals surface area (Å²) in [6.07, 6.45) is 1.47. The standard InChI is InChI=1S/C11H13NO2S/c13-11(9-5-3-7-14-9)12-8-4-1-2-6-10(8)15/h1-2,4,6,9,15H,3,5,7H2,(H,12,13). The van der Waals surface area contributed by atoms with Crippen LogP contribution in [0, 0.1) is 0 Å². The van der Waals surface area contributed by atoms with Crippen molar-refractivity contribution in [1.82, 2.24) is 0 Å². The highest BCUT2D eigenvalue weighted by atomic mass is 32.1. The number of carbonyl (C=O) groups excluding carboxylic acids is 1. The van der Waals surface area contributed by atoms with Crippen LogP contribution in [-0.2, 0) is 9.53 Å². The van der Waals surface area contributed by atoms with Gasteiger partial charge in [-0.1, -0.05) is 12.1 Å².